The number of rotatable bonds is 5. The van der Waals surface area contributed by atoms with Crippen molar-refractivity contribution >= 4 is 16.6 Å². The number of hydrogen-bond acceptors (Lipinski definition) is 5. The topological polar surface area (TPSA) is 70.8 Å². The third-order valence-electron chi connectivity index (χ3n) is 3.87. The van der Waals surface area contributed by atoms with E-state index in [1.54, 1.807) is 7.11 Å². The minimum absolute atomic E-state index is 0.318. The van der Waals surface area contributed by atoms with Crippen molar-refractivity contribution in [3.8, 4) is 11.8 Å². The maximum absolute atomic E-state index is 9.32. The molecule has 3 aromatic rings. The van der Waals surface area contributed by atoms with E-state index < -0.39 is 0 Å². The summed E-state index contributed by atoms with van der Waals surface area (Å²) in [5, 5.41) is 21.7. The summed E-state index contributed by atoms with van der Waals surface area (Å²) in [6.45, 7) is 2.71. The minimum Gasteiger partial charge on any atom is -0.497 e. The van der Waals surface area contributed by atoms with E-state index in [-0.39, 0.29) is 0 Å². The van der Waals surface area contributed by atoms with E-state index in [4.69, 9.17) is 4.74 Å². The molecule has 2 aromatic carbocycles. The van der Waals surface area contributed by atoms with Crippen molar-refractivity contribution in [2.45, 2.75) is 13.3 Å². The van der Waals surface area contributed by atoms with Crippen LogP contribution in [0.2, 0.25) is 0 Å². The van der Waals surface area contributed by atoms with E-state index in [1.807, 2.05) is 43.3 Å². The predicted octanol–water partition coefficient (Wildman–Crippen LogP) is 3.47. The number of nitriles is 1. The van der Waals surface area contributed by atoms with Crippen LogP contribution in [-0.4, -0.2) is 23.9 Å². The van der Waals surface area contributed by atoms with Crippen molar-refractivity contribution in [1.82, 2.24) is 10.2 Å². The lowest BCUT2D eigenvalue weighted by atomic mass is 10.1. The van der Waals surface area contributed by atoms with Gasteiger partial charge in [-0.2, -0.15) is 5.26 Å². The first-order valence-corrected chi connectivity index (χ1v) is 7.75. The van der Waals surface area contributed by atoms with Gasteiger partial charge in [0.1, 0.15) is 11.8 Å². The summed E-state index contributed by atoms with van der Waals surface area (Å²) in [5.41, 5.74) is 4.13. The number of aromatic nitrogens is 2. The van der Waals surface area contributed by atoms with Gasteiger partial charge in [0.05, 0.1) is 18.3 Å². The Balaban J connectivity index is 1.84. The second-order valence-corrected chi connectivity index (χ2v) is 5.58. The first-order valence-electron chi connectivity index (χ1n) is 7.75. The predicted molar refractivity (Wildman–Crippen MR) is 94.2 cm³/mol. The van der Waals surface area contributed by atoms with Gasteiger partial charge in [0.25, 0.3) is 0 Å². The molecular weight excluding hydrogens is 300 g/mol. The maximum atomic E-state index is 9.32. The number of anilines is 1. The normalized spacial score (nSPS) is 10.4. The van der Waals surface area contributed by atoms with Crippen LogP contribution in [0, 0.1) is 18.3 Å². The molecule has 0 aliphatic carbocycles. The molecule has 0 unspecified atom stereocenters. The summed E-state index contributed by atoms with van der Waals surface area (Å²) in [5.74, 6) is 0.844. The Bertz CT molecular complexity index is 915. The van der Waals surface area contributed by atoms with Crippen LogP contribution in [-0.2, 0) is 6.42 Å². The first-order chi connectivity index (χ1) is 11.7. The molecule has 0 saturated heterocycles. The average molecular weight is 318 g/mol. The van der Waals surface area contributed by atoms with Gasteiger partial charge < -0.3 is 10.1 Å². The standard InChI is InChI=1S/C19H18N4O/c1-13-6-7-17-16(10-13)19(18(12-20)23-22-17)21-9-8-14-4-3-5-15(11-14)24-2/h3-7,10-11H,8-9H2,1-2H3,(H,21,22). The highest BCUT2D eigenvalue weighted by Gasteiger charge is 2.10. The molecule has 5 heteroatoms. The van der Waals surface area contributed by atoms with Crippen molar-refractivity contribution in [3.63, 3.8) is 0 Å². The summed E-state index contributed by atoms with van der Waals surface area (Å²) in [4.78, 5) is 0. The Hall–Kier alpha value is -3.13. The van der Waals surface area contributed by atoms with Crippen LogP contribution >= 0.6 is 0 Å². The molecule has 1 aromatic heterocycles. The highest BCUT2D eigenvalue weighted by molar-refractivity contribution is 5.93. The molecule has 0 bridgehead atoms. The summed E-state index contributed by atoms with van der Waals surface area (Å²) in [6, 6.07) is 16.0. The third-order valence-corrected chi connectivity index (χ3v) is 3.87. The second-order valence-electron chi connectivity index (χ2n) is 5.58. The molecule has 1 heterocycles. The molecule has 0 atom stereocenters. The molecule has 0 aliphatic rings. The number of nitrogens with one attached hydrogen (secondary N) is 1. The van der Waals surface area contributed by atoms with Crippen LogP contribution < -0.4 is 10.1 Å². The van der Waals surface area contributed by atoms with Crippen LogP contribution in [0.25, 0.3) is 10.9 Å². The van der Waals surface area contributed by atoms with Gasteiger partial charge >= 0.3 is 0 Å². The molecule has 0 fully saturated rings. The Morgan fingerprint density at radius 2 is 2.04 bits per heavy atom. The van der Waals surface area contributed by atoms with E-state index in [1.165, 1.54) is 5.56 Å². The SMILES string of the molecule is COc1cccc(CCNc2c(C#N)nnc3ccc(C)cc23)c1. The van der Waals surface area contributed by atoms with Gasteiger partial charge in [0.15, 0.2) is 5.69 Å². The molecule has 0 saturated carbocycles. The third kappa shape index (κ3) is 3.28. The highest BCUT2D eigenvalue weighted by atomic mass is 16.5. The van der Waals surface area contributed by atoms with E-state index in [0.29, 0.717) is 12.2 Å². The van der Waals surface area contributed by atoms with Crippen molar-refractivity contribution in [2.24, 2.45) is 0 Å². The fourth-order valence-electron chi connectivity index (χ4n) is 2.64. The van der Waals surface area contributed by atoms with Gasteiger partial charge in [-0.15, -0.1) is 10.2 Å². The lowest BCUT2D eigenvalue weighted by molar-refractivity contribution is 0.414. The first kappa shape index (κ1) is 15.8. The van der Waals surface area contributed by atoms with Crippen LogP contribution in [0.1, 0.15) is 16.8 Å². The maximum Gasteiger partial charge on any atom is 0.186 e. The van der Waals surface area contributed by atoms with Crippen LogP contribution in [0.15, 0.2) is 42.5 Å². The fraction of sp³-hybridized carbons (Fsp3) is 0.211. The summed E-state index contributed by atoms with van der Waals surface area (Å²) < 4.78 is 5.25. The van der Waals surface area contributed by atoms with Crippen molar-refractivity contribution in [2.75, 3.05) is 19.0 Å². The largest absolute Gasteiger partial charge is 0.497 e. The Labute approximate surface area is 140 Å². The smallest absolute Gasteiger partial charge is 0.186 e. The molecule has 0 aliphatic heterocycles. The molecule has 0 spiro atoms. The van der Waals surface area contributed by atoms with Gasteiger partial charge in [-0.05, 0) is 43.2 Å². The molecule has 120 valence electrons. The number of ether oxygens (including phenoxy) is 1. The van der Waals surface area contributed by atoms with Gasteiger partial charge in [-0.3, -0.25) is 0 Å². The number of methoxy groups -OCH3 is 1. The number of fused-ring (bicyclic) bond motifs is 1. The van der Waals surface area contributed by atoms with E-state index >= 15 is 0 Å². The summed E-state index contributed by atoms with van der Waals surface area (Å²) >= 11 is 0. The molecule has 24 heavy (non-hydrogen) atoms. The van der Waals surface area contributed by atoms with Crippen LogP contribution in [0.4, 0.5) is 5.69 Å². The zero-order valence-corrected chi connectivity index (χ0v) is 13.7. The molecule has 3 rings (SSSR count). The molecule has 0 radical (unpaired) electrons. The monoisotopic (exact) mass is 318 g/mol. The van der Waals surface area contributed by atoms with Gasteiger partial charge in [-0.1, -0.05) is 23.8 Å². The lowest BCUT2D eigenvalue weighted by Crippen LogP contribution is -2.08. The van der Waals surface area contributed by atoms with E-state index in [2.05, 4.69) is 27.6 Å². The molecule has 1 N–H and O–H groups in total. The van der Waals surface area contributed by atoms with Crippen LogP contribution in [0.5, 0.6) is 5.75 Å². The highest BCUT2D eigenvalue weighted by Crippen LogP contribution is 2.25. The molecule has 5 nitrogen and oxygen atoms in total. The van der Waals surface area contributed by atoms with Gasteiger partial charge in [0.2, 0.25) is 0 Å². The summed E-state index contributed by atoms with van der Waals surface area (Å²) in [7, 11) is 1.66. The number of aryl methyl sites for hydroxylation is 1. The fourth-order valence-corrected chi connectivity index (χ4v) is 2.64. The van der Waals surface area contributed by atoms with Crippen molar-refractivity contribution in [3.05, 3.63) is 59.3 Å². The Morgan fingerprint density at radius 1 is 1.17 bits per heavy atom. The zero-order chi connectivity index (χ0) is 16.9. The minimum atomic E-state index is 0.318. The van der Waals surface area contributed by atoms with Crippen molar-refractivity contribution in [1.29, 1.82) is 5.26 Å². The zero-order valence-electron chi connectivity index (χ0n) is 13.7. The van der Waals surface area contributed by atoms with Crippen LogP contribution in [0.3, 0.4) is 0 Å². The van der Waals surface area contributed by atoms with Gasteiger partial charge in [0, 0.05) is 11.9 Å². The van der Waals surface area contributed by atoms with E-state index in [0.717, 1.165) is 34.3 Å². The Morgan fingerprint density at radius 3 is 2.83 bits per heavy atom. The number of hydrogen-bond donors (Lipinski definition) is 1. The van der Waals surface area contributed by atoms with Crippen molar-refractivity contribution < 1.29 is 4.74 Å². The Kier molecular flexibility index (Phi) is 4.57. The van der Waals surface area contributed by atoms with E-state index in [9.17, 15) is 5.26 Å². The number of benzene rings is 2. The lowest BCUT2D eigenvalue weighted by Gasteiger charge is -2.11. The molecule has 0 amide bonds. The quantitative estimate of drug-likeness (QED) is 0.780. The van der Waals surface area contributed by atoms with Gasteiger partial charge in [-0.25, -0.2) is 0 Å². The number of nitrogens with zero attached hydrogens (tertiary/aromatic N) is 3. The summed E-state index contributed by atoms with van der Waals surface area (Å²) in [6.07, 6.45) is 0.817. The molecular formula is C19H18N4O. The second kappa shape index (κ2) is 6.97. The average Bonchev–Trinajstić information content (AvgIpc) is 2.62.